The van der Waals surface area contributed by atoms with E-state index in [1.165, 1.54) is 17.2 Å². The van der Waals surface area contributed by atoms with Crippen LogP contribution in [0.2, 0.25) is 0 Å². The quantitative estimate of drug-likeness (QED) is 0.499. The molecule has 1 amide bonds. The van der Waals surface area contributed by atoms with Crippen LogP contribution in [-0.4, -0.2) is 20.9 Å². The van der Waals surface area contributed by atoms with Crippen LogP contribution in [0.4, 0.5) is 5.69 Å². The van der Waals surface area contributed by atoms with Crippen molar-refractivity contribution in [1.29, 1.82) is 0 Å². The molecule has 6 heteroatoms. The van der Waals surface area contributed by atoms with Crippen molar-refractivity contribution in [3.63, 3.8) is 0 Å². The second kappa shape index (κ2) is 9.79. The first-order chi connectivity index (χ1) is 14.7. The highest BCUT2D eigenvalue weighted by atomic mass is 32.2. The molecule has 0 atom stereocenters. The molecule has 0 saturated carbocycles. The largest absolute Gasteiger partial charge is 0.352 e. The van der Waals surface area contributed by atoms with Crippen molar-refractivity contribution in [3.8, 4) is 0 Å². The van der Waals surface area contributed by atoms with Crippen LogP contribution < -0.4 is 10.0 Å². The topological polar surface area (TPSA) is 75.3 Å². The van der Waals surface area contributed by atoms with E-state index in [1.807, 2.05) is 19.1 Å². The number of aryl methyl sites for hydroxylation is 4. The molecule has 0 aliphatic heterocycles. The summed E-state index contributed by atoms with van der Waals surface area (Å²) in [6.07, 6.45) is 1.68. The van der Waals surface area contributed by atoms with Crippen LogP contribution in [0.5, 0.6) is 0 Å². The highest BCUT2D eigenvalue weighted by Gasteiger charge is 2.19. The number of amides is 1. The van der Waals surface area contributed by atoms with Crippen molar-refractivity contribution in [2.75, 3.05) is 11.3 Å². The minimum atomic E-state index is -3.81. The van der Waals surface area contributed by atoms with E-state index in [2.05, 4.69) is 35.2 Å². The number of nitrogens with one attached hydrogen (secondary N) is 2. The molecule has 3 rings (SSSR count). The zero-order valence-electron chi connectivity index (χ0n) is 18.1. The molecule has 0 aliphatic rings. The SMILES string of the molecule is Cc1cccc(CCCNC(=O)c2ccc(C)c(S(=O)(=O)Nc3cccc(C)c3)c2)c1. The summed E-state index contributed by atoms with van der Waals surface area (Å²) in [5.74, 6) is -0.281. The summed E-state index contributed by atoms with van der Waals surface area (Å²) >= 11 is 0. The molecule has 162 valence electrons. The van der Waals surface area contributed by atoms with Gasteiger partial charge < -0.3 is 5.32 Å². The van der Waals surface area contributed by atoms with Gasteiger partial charge in [-0.05, 0) is 74.6 Å². The van der Waals surface area contributed by atoms with Crippen LogP contribution in [0.1, 0.15) is 39.0 Å². The number of rotatable bonds is 8. The van der Waals surface area contributed by atoms with Crippen molar-refractivity contribution in [1.82, 2.24) is 5.32 Å². The number of hydrogen-bond donors (Lipinski definition) is 2. The maximum Gasteiger partial charge on any atom is 0.262 e. The monoisotopic (exact) mass is 436 g/mol. The Morgan fingerprint density at radius 3 is 2.29 bits per heavy atom. The third-order valence-corrected chi connectivity index (χ3v) is 6.54. The summed E-state index contributed by atoms with van der Waals surface area (Å²) in [7, 11) is -3.81. The molecule has 5 nitrogen and oxygen atoms in total. The average molecular weight is 437 g/mol. The smallest absolute Gasteiger partial charge is 0.262 e. The first kappa shape index (κ1) is 22.6. The number of carbonyl (C=O) groups excluding carboxylic acids is 1. The van der Waals surface area contributed by atoms with E-state index in [0.717, 1.165) is 18.4 Å². The molecular formula is C25H28N2O3S. The van der Waals surface area contributed by atoms with E-state index in [1.54, 1.807) is 37.3 Å². The molecule has 0 bridgehead atoms. The van der Waals surface area contributed by atoms with Gasteiger partial charge in [0.15, 0.2) is 0 Å². The molecule has 0 spiro atoms. The van der Waals surface area contributed by atoms with Gasteiger partial charge in [0, 0.05) is 17.8 Å². The Labute approximate surface area is 184 Å². The van der Waals surface area contributed by atoms with Crippen molar-refractivity contribution >= 4 is 21.6 Å². The Hall–Kier alpha value is -3.12. The molecule has 0 fully saturated rings. The Morgan fingerprint density at radius 1 is 0.871 bits per heavy atom. The molecule has 0 radical (unpaired) electrons. The van der Waals surface area contributed by atoms with E-state index in [9.17, 15) is 13.2 Å². The molecule has 3 aromatic rings. The molecule has 0 saturated heterocycles. The number of hydrogen-bond acceptors (Lipinski definition) is 3. The predicted octanol–water partition coefficient (Wildman–Crippen LogP) is 4.78. The van der Waals surface area contributed by atoms with Crippen LogP contribution >= 0.6 is 0 Å². The zero-order valence-corrected chi connectivity index (χ0v) is 18.9. The standard InChI is InChI=1S/C25H28N2O3S/c1-18-7-4-9-21(15-18)10-6-14-26-25(28)22-13-12-20(3)24(17-22)31(29,30)27-23-11-5-8-19(2)16-23/h4-5,7-9,11-13,15-17,27H,6,10,14H2,1-3H3,(H,26,28). The maximum absolute atomic E-state index is 12.9. The van der Waals surface area contributed by atoms with Crippen molar-refractivity contribution in [2.24, 2.45) is 0 Å². The van der Waals surface area contributed by atoms with E-state index < -0.39 is 10.0 Å². The predicted molar refractivity (Wildman–Crippen MR) is 125 cm³/mol. The van der Waals surface area contributed by atoms with Gasteiger partial charge in [0.1, 0.15) is 0 Å². The summed E-state index contributed by atoms with van der Waals surface area (Å²) in [5.41, 5.74) is 4.80. The highest BCUT2D eigenvalue weighted by Crippen LogP contribution is 2.21. The maximum atomic E-state index is 12.9. The first-order valence-corrected chi connectivity index (χ1v) is 11.8. The third kappa shape index (κ3) is 6.18. The fourth-order valence-electron chi connectivity index (χ4n) is 3.41. The van der Waals surface area contributed by atoms with Gasteiger partial charge in [-0.2, -0.15) is 0 Å². The number of anilines is 1. The van der Waals surface area contributed by atoms with Crippen molar-refractivity contribution < 1.29 is 13.2 Å². The first-order valence-electron chi connectivity index (χ1n) is 10.3. The Morgan fingerprint density at radius 2 is 1.58 bits per heavy atom. The van der Waals surface area contributed by atoms with Crippen molar-refractivity contribution in [3.05, 3.63) is 94.5 Å². The average Bonchev–Trinajstić information content (AvgIpc) is 2.71. The summed E-state index contributed by atoms with van der Waals surface area (Å²) < 4.78 is 28.4. The lowest BCUT2D eigenvalue weighted by molar-refractivity contribution is 0.0953. The molecule has 0 aliphatic carbocycles. The second-order valence-corrected chi connectivity index (χ2v) is 9.45. The minimum Gasteiger partial charge on any atom is -0.352 e. The normalized spacial score (nSPS) is 11.2. The lowest BCUT2D eigenvalue weighted by Gasteiger charge is -2.13. The zero-order chi connectivity index (χ0) is 22.4. The van der Waals surface area contributed by atoms with Crippen molar-refractivity contribution in [2.45, 2.75) is 38.5 Å². The Kier molecular flexibility index (Phi) is 7.13. The van der Waals surface area contributed by atoms with Gasteiger partial charge in [0.25, 0.3) is 15.9 Å². The van der Waals surface area contributed by atoms with E-state index in [0.29, 0.717) is 23.4 Å². The van der Waals surface area contributed by atoms with Crippen LogP contribution in [0.3, 0.4) is 0 Å². The van der Waals surface area contributed by atoms with Crippen LogP contribution in [0.25, 0.3) is 0 Å². The summed E-state index contributed by atoms with van der Waals surface area (Å²) in [6, 6.07) is 20.2. The second-order valence-electron chi connectivity index (χ2n) is 7.80. The molecule has 0 aromatic heterocycles. The van der Waals surface area contributed by atoms with Gasteiger partial charge in [-0.1, -0.05) is 48.0 Å². The van der Waals surface area contributed by atoms with Gasteiger partial charge in [-0.25, -0.2) is 8.42 Å². The molecular weight excluding hydrogens is 408 g/mol. The van der Waals surface area contributed by atoms with E-state index >= 15 is 0 Å². The van der Waals surface area contributed by atoms with Crippen LogP contribution in [-0.2, 0) is 16.4 Å². The number of carbonyl (C=O) groups is 1. The summed E-state index contributed by atoms with van der Waals surface area (Å²) in [5, 5.41) is 2.88. The van der Waals surface area contributed by atoms with E-state index in [4.69, 9.17) is 0 Å². The Bertz CT molecular complexity index is 1190. The lowest BCUT2D eigenvalue weighted by Crippen LogP contribution is -2.25. The van der Waals surface area contributed by atoms with E-state index in [-0.39, 0.29) is 10.8 Å². The third-order valence-electron chi connectivity index (χ3n) is 5.02. The van der Waals surface area contributed by atoms with Gasteiger partial charge in [0.2, 0.25) is 0 Å². The molecule has 0 unspecified atom stereocenters. The fraction of sp³-hybridized carbons (Fsp3) is 0.240. The number of sulfonamides is 1. The fourth-order valence-corrected chi connectivity index (χ4v) is 4.73. The van der Waals surface area contributed by atoms with Gasteiger partial charge in [0.05, 0.1) is 4.90 Å². The van der Waals surface area contributed by atoms with Gasteiger partial charge in [-0.3, -0.25) is 9.52 Å². The highest BCUT2D eigenvalue weighted by molar-refractivity contribution is 7.92. The van der Waals surface area contributed by atoms with Crippen LogP contribution in [0, 0.1) is 20.8 Å². The minimum absolute atomic E-state index is 0.0985. The molecule has 0 heterocycles. The Balaban J connectivity index is 1.66. The summed E-state index contributed by atoms with van der Waals surface area (Å²) in [4.78, 5) is 12.7. The lowest BCUT2D eigenvalue weighted by atomic mass is 10.1. The summed E-state index contributed by atoms with van der Waals surface area (Å²) in [6.45, 7) is 6.19. The molecule has 2 N–H and O–H groups in total. The molecule has 3 aromatic carbocycles. The van der Waals surface area contributed by atoms with Crippen LogP contribution in [0.15, 0.2) is 71.6 Å². The van der Waals surface area contributed by atoms with Gasteiger partial charge >= 0.3 is 0 Å². The molecule has 31 heavy (non-hydrogen) atoms. The van der Waals surface area contributed by atoms with Gasteiger partial charge in [-0.15, -0.1) is 0 Å². The number of benzene rings is 3.